The van der Waals surface area contributed by atoms with Crippen LogP contribution in [0.25, 0.3) is 5.69 Å². The topological polar surface area (TPSA) is 85.2 Å². The number of aromatic nitrogens is 4. The van der Waals surface area contributed by atoms with E-state index in [-0.39, 0.29) is 17.3 Å². The maximum atomic E-state index is 14.2. The van der Waals surface area contributed by atoms with E-state index in [2.05, 4.69) is 27.8 Å². The van der Waals surface area contributed by atoms with Gasteiger partial charge in [-0.05, 0) is 47.9 Å². The van der Waals surface area contributed by atoms with Gasteiger partial charge in [0.1, 0.15) is 12.1 Å². The molecule has 1 aromatic heterocycles. The van der Waals surface area contributed by atoms with Crippen LogP contribution in [-0.4, -0.2) is 56.9 Å². The number of halogens is 1. The molecule has 0 saturated carbocycles. The lowest BCUT2D eigenvalue weighted by Crippen LogP contribution is -2.52. The lowest BCUT2D eigenvalue weighted by molar-refractivity contribution is 0.0540. The average Bonchev–Trinajstić information content (AvgIpc) is 3.28. The third-order valence-corrected chi connectivity index (χ3v) is 4.78. The Hall–Kier alpha value is -2.55. The fourth-order valence-electron chi connectivity index (χ4n) is 3.69. The molecule has 0 spiro atoms. The summed E-state index contributed by atoms with van der Waals surface area (Å²) in [4.78, 5) is 14.7. The van der Waals surface area contributed by atoms with Gasteiger partial charge in [-0.15, -0.1) is 5.10 Å². The summed E-state index contributed by atoms with van der Waals surface area (Å²) < 4.78 is 21.0. The van der Waals surface area contributed by atoms with Gasteiger partial charge in [-0.3, -0.25) is 0 Å². The number of methoxy groups -OCH3 is 1. The van der Waals surface area contributed by atoms with Crippen molar-refractivity contribution in [2.24, 2.45) is 0 Å². The quantitative estimate of drug-likeness (QED) is 0.854. The van der Waals surface area contributed by atoms with E-state index >= 15 is 0 Å². The Labute approximate surface area is 151 Å². The minimum atomic E-state index is -0.512. The number of nitrogens with zero attached hydrogens (tertiary/aromatic N) is 5. The number of urea groups is 1. The normalized spacial score (nSPS) is 19.7. The van der Waals surface area contributed by atoms with Crippen LogP contribution in [0.15, 0.2) is 24.5 Å². The number of tetrazole rings is 1. The largest absolute Gasteiger partial charge is 0.382 e. The number of nitrogens with one attached hydrogen (secondary N) is 1. The van der Waals surface area contributed by atoms with Crippen LogP contribution in [0.3, 0.4) is 0 Å². The number of benzene rings is 1. The summed E-state index contributed by atoms with van der Waals surface area (Å²) in [6.07, 6.45) is 4.99. The van der Waals surface area contributed by atoms with Crippen LogP contribution in [-0.2, 0) is 4.74 Å². The number of ether oxygens (including phenoxy) is 1. The van der Waals surface area contributed by atoms with Gasteiger partial charge in [0, 0.05) is 13.7 Å². The Kier molecular flexibility index (Phi) is 5.46. The van der Waals surface area contributed by atoms with Crippen LogP contribution in [0.5, 0.6) is 0 Å². The second kappa shape index (κ2) is 7.77. The lowest BCUT2D eigenvalue weighted by atomic mass is 9.91. The van der Waals surface area contributed by atoms with Crippen molar-refractivity contribution in [3.05, 3.63) is 30.3 Å². The molecule has 1 N–H and O–H groups in total. The van der Waals surface area contributed by atoms with E-state index in [1.807, 2.05) is 0 Å². The number of carbonyl (C=O) groups is 1. The van der Waals surface area contributed by atoms with E-state index in [0.29, 0.717) is 18.8 Å². The van der Waals surface area contributed by atoms with Crippen molar-refractivity contribution in [1.82, 2.24) is 25.1 Å². The molecular formula is C17H23FN6O2. The van der Waals surface area contributed by atoms with Crippen molar-refractivity contribution in [3.8, 4) is 5.69 Å². The van der Waals surface area contributed by atoms with Crippen molar-refractivity contribution < 1.29 is 13.9 Å². The summed E-state index contributed by atoms with van der Waals surface area (Å²) in [6, 6.07) is 4.02. The van der Waals surface area contributed by atoms with E-state index in [9.17, 15) is 9.18 Å². The third-order valence-electron chi connectivity index (χ3n) is 4.78. The lowest BCUT2D eigenvalue weighted by Gasteiger charge is -2.38. The summed E-state index contributed by atoms with van der Waals surface area (Å²) >= 11 is 0. The van der Waals surface area contributed by atoms with Gasteiger partial charge in [0.05, 0.1) is 23.5 Å². The van der Waals surface area contributed by atoms with Crippen LogP contribution in [0.4, 0.5) is 14.9 Å². The molecule has 2 heterocycles. The molecule has 140 valence electrons. The van der Waals surface area contributed by atoms with Crippen LogP contribution in [0.1, 0.15) is 32.6 Å². The average molecular weight is 362 g/mol. The molecule has 26 heavy (non-hydrogen) atoms. The van der Waals surface area contributed by atoms with Gasteiger partial charge in [0.25, 0.3) is 0 Å². The van der Waals surface area contributed by atoms with E-state index in [1.165, 1.54) is 23.1 Å². The van der Waals surface area contributed by atoms with Gasteiger partial charge in [-0.2, -0.15) is 0 Å². The highest BCUT2D eigenvalue weighted by Gasteiger charge is 2.43. The van der Waals surface area contributed by atoms with Crippen LogP contribution < -0.4 is 5.32 Å². The van der Waals surface area contributed by atoms with Crippen molar-refractivity contribution in [2.75, 3.05) is 25.6 Å². The minimum Gasteiger partial charge on any atom is -0.382 e. The molecule has 0 radical (unpaired) electrons. The van der Waals surface area contributed by atoms with E-state index in [4.69, 9.17) is 4.74 Å². The standard InChI is InChI=1S/C17H23FN6O2/c1-3-7-17(11-26-2)8-4-9-23(17)16(25)20-15-10-13(5-6-14(15)18)24-12-19-21-22-24/h5-6,10,12H,3-4,7-9,11H2,1-2H3,(H,20,25). The molecule has 1 unspecified atom stereocenters. The first kappa shape index (κ1) is 18.2. The van der Waals surface area contributed by atoms with Gasteiger partial charge in [0.15, 0.2) is 0 Å². The number of likely N-dealkylation sites (tertiary alicyclic amines) is 1. The number of hydrogen-bond acceptors (Lipinski definition) is 5. The maximum absolute atomic E-state index is 14.2. The number of amides is 2. The predicted molar refractivity (Wildman–Crippen MR) is 93.6 cm³/mol. The fraction of sp³-hybridized carbons (Fsp3) is 0.529. The Morgan fingerprint density at radius 2 is 2.31 bits per heavy atom. The molecule has 9 heteroatoms. The molecule has 8 nitrogen and oxygen atoms in total. The van der Waals surface area contributed by atoms with Crippen molar-refractivity contribution in [1.29, 1.82) is 0 Å². The minimum absolute atomic E-state index is 0.0951. The van der Waals surface area contributed by atoms with Gasteiger partial charge < -0.3 is 15.0 Å². The molecular weight excluding hydrogens is 339 g/mol. The number of carbonyl (C=O) groups excluding carboxylic acids is 1. The zero-order valence-corrected chi connectivity index (χ0v) is 15.0. The summed E-state index contributed by atoms with van der Waals surface area (Å²) in [5.74, 6) is -0.512. The molecule has 1 aliphatic heterocycles. The number of rotatable bonds is 6. The molecule has 3 rings (SSSR count). The first-order valence-electron chi connectivity index (χ1n) is 8.70. The Bertz CT molecular complexity index is 746. The fourth-order valence-corrected chi connectivity index (χ4v) is 3.69. The summed E-state index contributed by atoms with van der Waals surface area (Å²) in [6.45, 7) is 3.19. The summed E-state index contributed by atoms with van der Waals surface area (Å²) in [7, 11) is 1.64. The zero-order chi connectivity index (χ0) is 18.6. The molecule has 2 amide bonds. The second-order valence-electron chi connectivity index (χ2n) is 6.51. The molecule has 1 fully saturated rings. The molecule has 1 aromatic carbocycles. The number of anilines is 1. The smallest absolute Gasteiger partial charge is 0.322 e. The van der Waals surface area contributed by atoms with Crippen LogP contribution in [0, 0.1) is 5.82 Å². The van der Waals surface area contributed by atoms with Crippen LogP contribution in [0.2, 0.25) is 0 Å². The van der Waals surface area contributed by atoms with Gasteiger partial charge >= 0.3 is 6.03 Å². The van der Waals surface area contributed by atoms with Crippen molar-refractivity contribution in [2.45, 2.75) is 38.1 Å². The van der Waals surface area contributed by atoms with Crippen molar-refractivity contribution in [3.63, 3.8) is 0 Å². The van der Waals surface area contributed by atoms with Crippen LogP contribution >= 0.6 is 0 Å². The third kappa shape index (κ3) is 3.52. The molecule has 1 atom stereocenters. The molecule has 1 aliphatic rings. The highest BCUT2D eigenvalue weighted by Crippen LogP contribution is 2.34. The SMILES string of the molecule is CCCC1(COC)CCCN1C(=O)Nc1cc(-n2cnnn2)ccc1F. The second-order valence-corrected chi connectivity index (χ2v) is 6.51. The van der Waals surface area contributed by atoms with Gasteiger partial charge in [-0.25, -0.2) is 13.9 Å². The number of hydrogen-bond donors (Lipinski definition) is 1. The molecule has 1 saturated heterocycles. The Balaban J connectivity index is 1.82. The van der Waals surface area contributed by atoms with Gasteiger partial charge in [0.2, 0.25) is 0 Å². The first-order valence-corrected chi connectivity index (χ1v) is 8.70. The van der Waals surface area contributed by atoms with E-state index in [1.54, 1.807) is 18.1 Å². The van der Waals surface area contributed by atoms with Crippen molar-refractivity contribution >= 4 is 11.7 Å². The molecule has 0 aliphatic carbocycles. The van der Waals surface area contributed by atoms with E-state index in [0.717, 1.165) is 25.7 Å². The first-order chi connectivity index (χ1) is 12.6. The van der Waals surface area contributed by atoms with Gasteiger partial charge in [-0.1, -0.05) is 13.3 Å². The Morgan fingerprint density at radius 1 is 1.46 bits per heavy atom. The highest BCUT2D eigenvalue weighted by molar-refractivity contribution is 5.90. The maximum Gasteiger partial charge on any atom is 0.322 e. The highest BCUT2D eigenvalue weighted by atomic mass is 19.1. The zero-order valence-electron chi connectivity index (χ0n) is 15.0. The Morgan fingerprint density at radius 3 is 3.00 bits per heavy atom. The molecule has 0 bridgehead atoms. The van der Waals surface area contributed by atoms with E-state index < -0.39 is 5.82 Å². The molecule has 2 aromatic rings. The predicted octanol–water partition coefficient (Wildman–Crippen LogP) is 2.61. The summed E-state index contributed by atoms with van der Waals surface area (Å²) in [5.41, 5.74) is 0.319. The monoisotopic (exact) mass is 362 g/mol. The summed E-state index contributed by atoms with van der Waals surface area (Å²) in [5, 5.41) is 13.6.